The Morgan fingerprint density at radius 1 is 1.05 bits per heavy atom. The molecule has 0 unspecified atom stereocenters. The number of nitrogens with one attached hydrogen (secondary N) is 2. The largest absolute Gasteiger partial charge is 0.464 e. The summed E-state index contributed by atoms with van der Waals surface area (Å²) in [6.45, 7) is 15.7. The van der Waals surface area contributed by atoms with E-state index in [0.29, 0.717) is 70.3 Å². The number of hydrazine groups is 1. The van der Waals surface area contributed by atoms with Gasteiger partial charge >= 0.3 is 12.0 Å². The van der Waals surface area contributed by atoms with Crippen LogP contribution in [-0.4, -0.2) is 163 Å². The SMILES string of the molecule is CO[C@@H](C)c1ncc(N2CCN(C3CC3)CC2)cc1-c1c2c3cc(ccc3n1CCOC(C)C)-c1csc(n1)[C@@H](OCC(F)F)[C@H](NC(=O)N1C[C@@H]3COCC[C@@H]31)C(=O)N1CCC[C@H](N1)C(=O)OCC(C)(C)C2. The summed E-state index contributed by atoms with van der Waals surface area (Å²) in [6.07, 6.45) is 1.84. The Morgan fingerprint density at radius 3 is 2.60 bits per heavy atom. The number of carbonyl (C=O) groups excluding carboxylic acids is 3. The minimum Gasteiger partial charge on any atom is -0.464 e. The lowest BCUT2D eigenvalue weighted by Crippen LogP contribution is -2.67. The topological polar surface area (TPSA) is 165 Å². The molecule has 20 heteroatoms. The minimum atomic E-state index is -2.88. The molecule has 1 saturated carbocycles. The van der Waals surface area contributed by atoms with Gasteiger partial charge in [-0.05, 0) is 83.1 Å². The first-order valence-electron chi connectivity index (χ1n) is 26.2. The van der Waals surface area contributed by atoms with Gasteiger partial charge in [0.1, 0.15) is 29.8 Å². The number of thiazole rings is 1. The number of rotatable bonds is 13. The number of anilines is 1. The average molecular weight is 1030 g/mol. The molecule has 1 aliphatic carbocycles. The van der Waals surface area contributed by atoms with Gasteiger partial charge in [0, 0.05) is 110 Å². The number of methoxy groups -OCH3 is 1. The van der Waals surface area contributed by atoms with E-state index in [1.807, 2.05) is 38.4 Å². The summed E-state index contributed by atoms with van der Waals surface area (Å²) >= 11 is 1.17. The summed E-state index contributed by atoms with van der Waals surface area (Å²) < 4.78 is 60.8. The summed E-state index contributed by atoms with van der Waals surface area (Å²) in [6, 6.07) is 6.18. The summed E-state index contributed by atoms with van der Waals surface area (Å²) in [4.78, 5) is 60.2. The predicted molar refractivity (Wildman–Crippen MR) is 272 cm³/mol. The van der Waals surface area contributed by atoms with Crippen molar-refractivity contribution in [1.82, 2.24) is 40.1 Å². The Hall–Kier alpha value is -4.83. The van der Waals surface area contributed by atoms with Crippen molar-refractivity contribution in [3.8, 4) is 22.5 Å². The van der Waals surface area contributed by atoms with Crippen LogP contribution in [0.4, 0.5) is 19.3 Å². The highest BCUT2D eigenvalue weighted by Gasteiger charge is 2.47. The number of aromatic nitrogens is 3. The maximum atomic E-state index is 14.9. The van der Waals surface area contributed by atoms with Crippen LogP contribution in [0.2, 0.25) is 0 Å². The second kappa shape index (κ2) is 21.8. The number of benzene rings is 1. The van der Waals surface area contributed by atoms with Crippen LogP contribution in [0.5, 0.6) is 0 Å². The van der Waals surface area contributed by atoms with E-state index < -0.39 is 54.5 Å². The minimum absolute atomic E-state index is 0.000701. The molecule has 4 saturated heterocycles. The number of piperazine rings is 1. The lowest BCUT2D eigenvalue weighted by Gasteiger charge is -2.50. The molecular weight excluding hydrogens is 961 g/mol. The molecular formula is C53H71F2N9O8S. The number of ether oxygens (including phenoxy) is 5. The number of hydrogen-bond donors (Lipinski definition) is 2. The van der Waals surface area contributed by atoms with Gasteiger partial charge in [0.2, 0.25) is 0 Å². The predicted octanol–water partition coefficient (Wildman–Crippen LogP) is 6.99. The smallest absolute Gasteiger partial charge is 0.324 e. The number of fused-ring (bicyclic) bond motifs is 7. The van der Waals surface area contributed by atoms with Crippen molar-refractivity contribution in [3.63, 3.8) is 0 Å². The number of amides is 3. The quantitative estimate of drug-likeness (QED) is 0.132. The monoisotopic (exact) mass is 1030 g/mol. The van der Waals surface area contributed by atoms with Gasteiger partial charge in [-0.2, -0.15) is 0 Å². The number of hydrogen-bond acceptors (Lipinski definition) is 14. The van der Waals surface area contributed by atoms with E-state index >= 15 is 0 Å². The zero-order valence-corrected chi connectivity index (χ0v) is 43.8. The maximum Gasteiger partial charge on any atom is 0.324 e. The molecule has 5 fully saturated rings. The van der Waals surface area contributed by atoms with Gasteiger partial charge in [0.25, 0.3) is 12.3 Å². The van der Waals surface area contributed by atoms with Gasteiger partial charge in [-0.3, -0.25) is 24.5 Å². The van der Waals surface area contributed by atoms with Crippen LogP contribution in [0, 0.1) is 11.3 Å². The molecule has 17 nitrogen and oxygen atoms in total. The van der Waals surface area contributed by atoms with Crippen molar-refractivity contribution < 1.29 is 46.8 Å². The molecule has 396 valence electrons. The summed E-state index contributed by atoms with van der Waals surface area (Å²) in [7, 11) is 1.70. The number of nitrogens with zero attached hydrogens (tertiary/aromatic N) is 7. The van der Waals surface area contributed by atoms with E-state index in [0.717, 1.165) is 70.8 Å². The molecule has 73 heavy (non-hydrogen) atoms. The lowest BCUT2D eigenvalue weighted by atomic mass is 9.84. The van der Waals surface area contributed by atoms with E-state index in [-0.39, 0.29) is 42.3 Å². The van der Waals surface area contributed by atoms with E-state index in [4.69, 9.17) is 33.7 Å². The molecule has 10 rings (SSSR count). The van der Waals surface area contributed by atoms with Crippen LogP contribution in [0.15, 0.2) is 35.8 Å². The molecule has 4 aromatic rings. The van der Waals surface area contributed by atoms with E-state index in [9.17, 15) is 23.2 Å². The van der Waals surface area contributed by atoms with E-state index in [2.05, 4.69) is 57.2 Å². The van der Waals surface area contributed by atoms with Crippen LogP contribution in [0.25, 0.3) is 33.4 Å². The normalized spacial score (nSPS) is 25.4. The highest BCUT2D eigenvalue weighted by Crippen LogP contribution is 2.44. The third kappa shape index (κ3) is 11.1. The molecule has 0 spiro atoms. The molecule has 6 aliphatic rings. The number of cyclic esters (lactones) is 1. The fraction of sp³-hybridized carbons (Fsp3) is 0.642. The Balaban J connectivity index is 1.11. The van der Waals surface area contributed by atoms with Crippen LogP contribution >= 0.6 is 11.3 Å². The summed E-state index contributed by atoms with van der Waals surface area (Å²) in [5.41, 5.74) is 9.49. The van der Waals surface area contributed by atoms with Gasteiger partial charge < -0.3 is 43.4 Å². The third-order valence-electron chi connectivity index (χ3n) is 15.4. The number of halogens is 2. The Labute approximate surface area is 430 Å². The molecule has 2 N–H and O–H groups in total. The van der Waals surface area contributed by atoms with Crippen LogP contribution in [0.3, 0.4) is 0 Å². The number of carbonyl (C=O) groups is 3. The molecule has 5 aliphatic heterocycles. The van der Waals surface area contributed by atoms with Crippen LogP contribution in [0.1, 0.15) is 95.2 Å². The Morgan fingerprint density at radius 2 is 1.86 bits per heavy atom. The highest BCUT2D eigenvalue weighted by molar-refractivity contribution is 7.10. The van der Waals surface area contributed by atoms with Crippen molar-refractivity contribution in [1.29, 1.82) is 0 Å². The van der Waals surface area contributed by atoms with Crippen molar-refractivity contribution in [2.45, 2.75) is 129 Å². The van der Waals surface area contributed by atoms with Crippen molar-refractivity contribution in [2.24, 2.45) is 11.3 Å². The molecule has 8 heterocycles. The molecule has 3 aromatic heterocycles. The van der Waals surface area contributed by atoms with Crippen molar-refractivity contribution >= 4 is 45.8 Å². The van der Waals surface area contributed by atoms with E-state index in [1.165, 1.54) is 29.2 Å². The maximum absolute atomic E-state index is 14.9. The van der Waals surface area contributed by atoms with Crippen LogP contribution < -0.4 is 15.6 Å². The molecule has 6 bridgehead atoms. The van der Waals surface area contributed by atoms with E-state index in [1.54, 1.807) is 12.0 Å². The third-order valence-corrected chi connectivity index (χ3v) is 16.3. The van der Waals surface area contributed by atoms with Crippen molar-refractivity contribution in [3.05, 3.63) is 52.1 Å². The standard InChI is InChI=1S/C53H71F2N9O8S/c1-31(2)70-21-19-62-43-12-9-33-22-37(43)39(47(62)38-23-36(25-56-45(38)32(3)68-6)61-17-15-60(16-18-61)35-10-11-35)24-53(4,5)30-72-51(66)40-8-7-14-64(59-40)50(65)46(48(71-28-44(54)55)49-57-41(33)29-73-49)58-52(67)63-26-34-27-69-20-13-42(34)63/h9,12,22-23,25,29,31-32,34-35,40,42,44,46,48,59H,7-8,10-11,13-21,24,26-28,30H2,1-6H3,(H,58,67)/t32-,34+,40-,42-,46-,48-/m0/s1. The molecule has 1 aromatic carbocycles. The fourth-order valence-electron chi connectivity index (χ4n) is 11.3. The molecule has 0 radical (unpaired) electrons. The van der Waals surface area contributed by atoms with Gasteiger partial charge in [-0.15, -0.1) is 11.3 Å². The van der Waals surface area contributed by atoms with Gasteiger partial charge in [-0.25, -0.2) is 24.0 Å². The Bertz CT molecular complexity index is 2640. The zero-order chi connectivity index (χ0) is 51.1. The molecule has 6 atom stereocenters. The Kier molecular flexibility index (Phi) is 15.4. The van der Waals surface area contributed by atoms with Crippen LogP contribution in [-0.2, 0) is 46.2 Å². The summed E-state index contributed by atoms with van der Waals surface area (Å²) in [5, 5.41) is 7.22. The second-order valence-electron chi connectivity index (χ2n) is 21.6. The van der Waals surface area contributed by atoms with Gasteiger partial charge in [-0.1, -0.05) is 19.9 Å². The highest BCUT2D eigenvalue weighted by atomic mass is 32.1. The first-order chi connectivity index (χ1) is 35.2. The van der Waals surface area contributed by atoms with Gasteiger partial charge in [0.05, 0.1) is 61.0 Å². The number of likely N-dealkylation sites (tertiary alicyclic amines) is 1. The lowest BCUT2D eigenvalue weighted by molar-refractivity contribution is -0.156. The molecule has 3 amide bonds. The average Bonchev–Trinajstić information content (AvgIpc) is 4.05. The second-order valence-corrected chi connectivity index (χ2v) is 22.5. The number of urea groups is 1. The zero-order valence-electron chi connectivity index (χ0n) is 42.9. The first-order valence-corrected chi connectivity index (χ1v) is 27.1. The number of pyridine rings is 1. The van der Waals surface area contributed by atoms with Crippen molar-refractivity contribution in [2.75, 3.05) is 84.3 Å². The number of esters is 1. The van der Waals surface area contributed by atoms with Gasteiger partial charge in [0.15, 0.2) is 0 Å². The summed E-state index contributed by atoms with van der Waals surface area (Å²) in [5.74, 6) is -1.00. The number of alkyl halides is 2. The fourth-order valence-corrected chi connectivity index (χ4v) is 12.2. The first kappa shape index (κ1) is 51.6.